The second-order valence-corrected chi connectivity index (χ2v) is 7.74. The van der Waals surface area contributed by atoms with Gasteiger partial charge in [-0.05, 0) is 24.6 Å². The van der Waals surface area contributed by atoms with E-state index >= 15 is 0 Å². The molecule has 4 rings (SSSR count). The van der Waals surface area contributed by atoms with E-state index in [9.17, 15) is 28.0 Å². The van der Waals surface area contributed by atoms with Gasteiger partial charge in [0.05, 0.1) is 12.2 Å². The number of carbonyl (C=O) groups excluding carboxylic acids is 2. The summed E-state index contributed by atoms with van der Waals surface area (Å²) < 4.78 is 41.4. The van der Waals surface area contributed by atoms with Gasteiger partial charge in [-0.1, -0.05) is 0 Å². The van der Waals surface area contributed by atoms with E-state index in [0.717, 1.165) is 12.3 Å². The SMILES string of the molecule is CCN(O)C(=O)c1nc(N2CCN(C(=O)N3N=CC[C@H]3c3cc(F)cc(F)c3)CC2)ncc1F. The third-order valence-electron chi connectivity index (χ3n) is 5.60. The highest BCUT2D eigenvalue weighted by Gasteiger charge is 2.34. The van der Waals surface area contributed by atoms with Gasteiger partial charge in [0.15, 0.2) is 11.5 Å². The molecule has 0 unspecified atom stereocenters. The molecule has 0 aliphatic carbocycles. The molecule has 1 fully saturated rings. The van der Waals surface area contributed by atoms with E-state index in [0.29, 0.717) is 30.1 Å². The number of aromatic nitrogens is 2. The standard InChI is InChI=1S/C21H22F3N7O3/c1-2-30(34)19(32)18-16(24)12-25-20(27-18)28-5-7-29(8-6-28)21(33)31-17(3-4-26-31)13-9-14(22)11-15(23)10-13/h4,9-12,17,34H,2-3,5-8H2,1H3/t17-/m0/s1. The van der Waals surface area contributed by atoms with Crippen LogP contribution in [-0.4, -0.2) is 81.0 Å². The topological polar surface area (TPSA) is 105 Å². The predicted octanol–water partition coefficient (Wildman–Crippen LogP) is 2.42. The summed E-state index contributed by atoms with van der Waals surface area (Å²) in [6.45, 7) is 2.56. The van der Waals surface area contributed by atoms with Crippen LogP contribution in [-0.2, 0) is 0 Å². The minimum Gasteiger partial charge on any atom is -0.337 e. The van der Waals surface area contributed by atoms with Crippen LogP contribution >= 0.6 is 0 Å². The average Bonchev–Trinajstić information content (AvgIpc) is 3.32. The lowest BCUT2D eigenvalue weighted by Gasteiger charge is -2.37. The zero-order chi connectivity index (χ0) is 24.4. The lowest BCUT2D eigenvalue weighted by atomic mass is 10.0. The molecular formula is C21H22F3N7O3. The maximum Gasteiger partial charge on any atom is 0.341 e. The zero-order valence-corrected chi connectivity index (χ0v) is 18.2. The molecule has 1 aromatic heterocycles. The Morgan fingerprint density at radius 3 is 2.44 bits per heavy atom. The van der Waals surface area contributed by atoms with Crippen molar-refractivity contribution < 1.29 is 28.0 Å². The molecule has 0 saturated carbocycles. The molecule has 0 radical (unpaired) electrons. The first kappa shape index (κ1) is 23.4. The molecule has 3 amide bonds. The molecule has 34 heavy (non-hydrogen) atoms. The van der Waals surface area contributed by atoms with Crippen LogP contribution in [0, 0.1) is 17.5 Å². The van der Waals surface area contributed by atoms with Crippen LogP contribution in [0.15, 0.2) is 29.5 Å². The van der Waals surface area contributed by atoms with Crippen molar-refractivity contribution >= 4 is 24.1 Å². The molecular weight excluding hydrogens is 455 g/mol. The molecule has 180 valence electrons. The molecule has 1 atom stereocenters. The van der Waals surface area contributed by atoms with E-state index in [-0.39, 0.29) is 25.6 Å². The Balaban J connectivity index is 1.43. The number of hydrogen-bond acceptors (Lipinski definition) is 7. The van der Waals surface area contributed by atoms with Gasteiger partial charge >= 0.3 is 6.03 Å². The van der Waals surface area contributed by atoms with Crippen molar-refractivity contribution in [2.45, 2.75) is 19.4 Å². The van der Waals surface area contributed by atoms with Crippen LogP contribution in [0.4, 0.5) is 23.9 Å². The van der Waals surface area contributed by atoms with Crippen molar-refractivity contribution in [3.8, 4) is 0 Å². The Morgan fingerprint density at radius 2 is 1.79 bits per heavy atom. The predicted molar refractivity (Wildman–Crippen MR) is 114 cm³/mol. The van der Waals surface area contributed by atoms with E-state index in [4.69, 9.17) is 0 Å². The molecule has 2 aliphatic rings. The molecule has 13 heteroatoms. The van der Waals surface area contributed by atoms with Crippen molar-refractivity contribution in [3.05, 3.63) is 53.1 Å². The Morgan fingerprint density at radius 1 is 1.12 bits per heavy atom. The Labute approximate surface area is 192 Å². The highest BCUT2D eigenvalue weighted by molar-refractivity contribution is 5.91. The van der Waals surface area contributed by atoms with Crippen LogP contribution in [0.3, 0.4) is 0 Å². The number of piperazine rings is 1. The zero-order valence-electron chi connectivity index (χ0n) is 18.2. The molecule has 1 aromatic carbocycles. The third kappa shape index (κ3) is 4.64. The number of carbonyl (C=O) groups is 2. The van der Waals surface area contributed by atoms with Gasteiger partial charge in [-0.25, -0.2) is 38.0 Å². The number of hydrazone groups is 1. The summed E-state index contributed by atoms with van der Waals surface area (Å²) in [5.74, 6) is -3.31. The molecule has 2 aliphatic heterocycles. The number of anilines is 1. The average molecular weight is 477 g/mol. The van der Waals surface area contributed by atoms with Gasteiger partial charge in [0.1, 0.15) is 11.6 Å². The van der Waals surface area contributed by atoms with E-state index < -0.39 is 41.1 Å². The number of rotatable bonds is 4. The summed E-state index contributed by atoms with van der Waals surface area (Å²) in [6.07, 6.45) is 2.71. The molecule has 10 nitrogen and oxygen atoms in total. The number of halogens is 3. The van der Waals surface area contributed by atoms with Crippen molar-refractivity contribution in [3.63, 3.8) is 0 Å². The maximum atomic E-state index is 14.0. The number of hydroxylamine groups is 2. The van der Waals surface area contributed by atoms with Gasteiger partial charge in [-0.2, -0.15) is 5.10 Å². The smallest absolute Gasteiger partial charge is 0.337 e. The largest absolute Gasteiger partial charge is 0.341 e. The number of benzene rings is 1. The van der Waals surface area contributed by atoms with Crippen LogP contribution in [0.25, 0.3) is 0 Å². The quantitative estimate of drug-likeness (QED) is 0.536. The third-order valence-corrected chi connectivity index (χ3v) is 5.60. The molecule has 0 bridgehead atoms. The maximum absolute atomic E-state index is 14.0. The number of amides is 3. The fourth-order valence-corrected chi connectivity index (χ4v) is 3.81. The lowest BCUT2D eigenvalue weighted by Crippen LogP contribution is -2.52. The summed E-state index contributed by atoms with van der Waals surface area (Å²) in [4.78, 5) is 36.3. The molecule has 1 N–H and O–H groups in total. The van der Waals surface area contributed by atoms with E-state index in [1.807, 2.05) is 0 Å². The van der Waals surface area contributed by atoms with Crippen molar-refractivity contribution in [1.82, 2.24) is 24.9 Å². The first-order valence-corrected chi connectivity index (χ1v) is 10.6. The highest BCUT2D eigenvalue weighted by atomic mass is 19.1. The first-order valence-electron chi connectivity index (χ1n) is 10.6. The fourth-order valence-electron chi connectivity index (χ4n) is 3.81. The molecule has 3 heterocycles. The van der Waals surface area contributed by atoms with Crippen molar-refractivity contribution in [2.24, 2.45) is 5.10 Å². The van der Waals surface area contributed by atoms with Gasteiger partial charge in [-0.15, -0.1) is 0 Å². The summed E-state index contributed by atoms with van der Waals surface area (Å²) in [6, 6.07) is 2.08. The van der Waals surface area contributed by atoms with E-state index in [1.54, 1.807) is 4.90 Å². The fraction of sp³-hybridized carbons (Fsp3) is 0.381. The van der Waals surface area contributed by atoms with Gasteiger partial charge in [0.25, 0.3) is 5.91 Å². The minimum atomic E-state index is -0.982. The first-order chi connectivity index (χ1) is 16.3. The van der Waals surface area contributed by atoms with Crippen LogP contribution in [0.1, 0.15) is 35.4 Å². The summed E-state index contributed by atoms with van der Waals surface area (Å²) in [5.41, 5.74) is -0.242. The van der Waals surface area contributed by atoms with E-state index in [2.05, 4.69) is 15.1 Å². The minimum absolute atomic E-state index is 0.0410. The number of nitrogens with zero attached hydrogens (tertiary/aromatic N) is 7. The summed E-state index contributed by atoms with van der Waals surface area (Å²) >= 11 is 0. The highest BCUT2D eigenvalue weighted by Crippen LogP contribution is 2.30. The van der Waals surface area contributed by atoms with Gasteiger partial charge in [0, 0.05) is 51.4 Å². The number of hydrogen-bond donors (Lipinski definition) is 1. The van der Waals surface area contributed by atoms with Crippen molar-refractivity contribution in [2.75, 3.05) is 37.6 Å². The Kier molecular flexibility index (Phi) is 6.63. The van der Waals surface area contributed by atoms with Gasteiger partial charge in [-0.3, -0.25) is 10.0 Å². The molecule has 2 aromatic rings. The molecule has 1 saturated heterocycles. The second-order valence-electron chi connectivity index (χ2n) is 7.74. The van der Waals surface area contributed by atoms with Crippen LogP contribution < -0.4 is 4.90 Å². The van der Waals surface area contributed by atoms with Crippen LogP contribution in [0.2, 0.25) is 0 Å². The summed E-state index contributed by atoms with van der Waals surface area (Å²) in [5, 5.41) is 15.2. The van der Waals surface area contributed by atoms with Gasteiger partial charge in [0.2, 0.25) is 5.95 Å². The second kappa shape index (κ2) is 9.63. The van der Waals surface area contributed by atoms with Crippen molar-refractivity contribution in [1.29, 1.82) is 0 Å². The number of urea groups is 1. The Bertz CT molecular complexity index is 1100. The lowest BCUT2D eigenvalue weighted by molar-refractivity contribution is -0.0549. The Hall–Kier alpha value is -3.74. The monoisotopic (exact) mass is 477 g/mol. The summed E-state index contributed by atoms with van der Waals surface area (Å²) in [7, 11) is 0. The van der Waals surface area contributed by atoms with Gasteiger partial charge < -0.3 is 9.80 Å². The van der Waals surface area contributed by atoms with Crippen LogP contribution in [0.5, 0.6) is 0 Å². The van der Waals surface area contributed by atoms with E-state index in [1.165, 1.54) is 35.2 Å². The normalized spacial score (nSPS) is 17.9. The molecule has 0 spiro atoms.